The molecule has 6 heteroatoms. The van der Waals surface area contributed by atoms with Crippen molar-refractivity contribution in [2.45, 2.75) is 25.8 Å². The molecule has 1 aliphatic rings. The summed E-state index contributed by atoms with van der Waals surface area (Å²) in [6.45, 7) is 2.27. The quantitative estimate of drug-likeness (QED) is 0.835. The van der Waals surface area contributed by atoms with Gasteiger partial charge in [0.2, 0.25) is 5.95 Å². The molecule has 0 aromatic carbocycles. The van der Waals surface area contributed by atoms with Gasteiger partial charge < -0.3 is 4.90 Å². The van der Waals surface area contributed by atoms with Crippen molar-refractivity contribution in [1.29, 1.82) is 0 Å². The predicted octanol–water partition coefficient (Wildman–Crippen LogP) is 1.07. The van der Waals surface area contributed by atoms with E-state index in [2.05, 4.69) is 19.9 Å². The van der Waals surface area contributed by atoms with E-state index in [1.807, 2.05) is 18.2 Å². The molecule has 0 aliphatic carbocycles. The zero-order chi connectivity index (χ0) is 13.8. The van der Waals surface area contributed by atoms with Gasteiger partial charge >= 0.3 is 5.69 Å². The Hall–Kier alpha value is -2.24. The highest BCUT2D eigenvalue weighted by Crippen LogP contribution is 2.13. The lowest BCUT2D eigenvalue weighted by Gasteiger charge is -2.26. The number of anilines is 1. The number of hydrogen-bond acceptors (Lipinski definition) is 5. The van der Waals surface area contributed by atoms with Crippen LogP contribution in [0.15, 0.2) is 35.5 Å². The SMILES string of the molecule is O=c1nc(N2CCCCC2)ncn1Cc1ccccn1. The molecule has 3 rings (SSSR count). The maximum atomic E-state index is 12.0. The highest BCUT2D eigenvalue weighted by Gasteiger charge is 2.14. The van der Waals surface area contributed by atoms with E-state index in [9.17, 15) is 4.79 Å². The van der Waals surface area contributed by atoms with E-state index in [4.69, 9.17) is 0 Å². The molecule has 1 fully saturated rings. The number of rotatable bonds is 3. The van der Waals surface area contributed by atoms with E-state index < -0.39 is 0 Å². The molecular formula is C14H17N5O. The second kappa shape index (κ2) is 5.81. The Balaban J connectivity index is 1.79. The molecule has 0 spiro atoms. The standard InChI is InChI=1S/C14H17N5O/c20-14-17-13(18-8-4-1-5-9-18)16-11-19(14)10-12-6-2-3-7-15-12/h2-3,6-7,11H,1,4-5,8-10H2. The molecule has 20 heavy (non-hydrogen) atoms. The van der Waals surface area contributed by atoms with Gasteiger partial charge in [0, 0.05) is 19.3 Å². The van der Waals surface area contributed by atoms with Crippen LogP contribution in [-0.4, -0.2) is 32.6 Å². The van der Waals surface area contributed by atoms with Crippen LogP contribution in [0.5, 0.6) is 0 Å². The Morgan fingerprint density at radius 3 is 2.65 bits per heavy atom. The Bertz CT molecular complexity index is 619. The third kappa shape index (κ3) is 2.84. The summed E-state index contributed by atoms with van der Waals surface area (Å²) in [6.07, 6.45) is 6.80. The predicted molar refractivity (Wildman–Crippen MR) is 75.7 cm³/mol. The van der Waals surface area contributed by atoms with Crippen LogP contribution < -0.4 is 10.6 Å². The summed E-state index contributed by atoms with van der Waals surface area (Å²) >= 11 is 0. The van der Waals surface area contributed by atoms with Gasteiger partial charge in [0.05, 0.1) is 12.2 Å². The third-order valence-electron chi connectivity index (χ3n) is 3.45. The van der Waals surface area contributed by atoms with Crippen LogP contribution in [-0.2, 0) is 6.54 Å². The Morgan fingerprint density at radius 2 is 1.95 bits per heavy atom. The average molecular weight is 271 g/mol. The molecular weight excluding hydrogens is 254 g/mol. The molecule has 1 aliphatic heterocycles. The molecule has 0 amide bonds. The van der Waals surface area contributed by atoms with Crippen LogP contribution >= 0.6 is 0 Å². The van der Waals surface area contributed by atoms with Gasteiger partial charge in [-0.25, -0.2) is 9.78 Å². The Morgan fingerprint density at radius 1 is 1.10 bits per heavy atom. The van der Waals surface area contributed by atoms with E-state index in [1.54, 1.807) is 12.5 Å². The number of hydrogen-bond donors (Lipinski definition) is 0. The fourth-order valence-electron chi connectivity index (χ4n) is 2.37. The minimum atomic E-state index is -0.272. The summed E-state index contributed by atoms with van der Waals surface area (Å²) in [5.74, 6) is 0.548. The molecule has 2 aromatic heterocycles. The first-order chi connectivity index (χ1) is 9.83. The summed E-state index contributed by atoms with van der Waals surface area (Å²) < 4.78 is 1.48. The topological polar surface area (TPSA) is 63.9 Å². The monoisotopic (exact) mass is 271 g/mol. The molecule has 0 bridgehead atoms. The summed E-state index contributed by atoms with van der Waals surface area (Å²) in [5.41, 5.74) is 0.551. The molecule has 0 saturated carbocycles. The first-order valence-electron chi connectivity index (χ1n) is 6.91. The van der Waals surface area contributed by atoms with E-state index >= 15 is 0 Å². The first kappa shape index (κ1) is 12.8. The van der Waals surface area contributed by atoms with Gasteiger partial charge in [-0.3, -0.25) is 9.55 Å². The molecule has 2 aromatic rings. The number of pyridine rings is 1. The van der Waals surface area contributed by atoms with Crippen molar-refractivity contribution in [3.05, 3.63) is 46.9 Å². The fourth-order valence-corrected chi connectivity index (χ4v) is 2.37. The molecule has 0 radical (unpaired) electrons. The van der Waals surface area contributed by atoms with Crippen molar-refractivity contribution in [3.8, 4) is 0 Å². The van der Waals surface area contributed by atoms with Crippen LogP contribution in [0.2, 0.25) is 0 Å². The molecule has 3 heterocycles. The molecule has 0 atom stereocenters. The van der Waals surface area contributed by atoms with Crippen LogP contribution in [0, 0.1) is 0 Å². The zero-order valence-corrected chi connectivity index (χ0v) is 11.3. The van der Waals surface area contributed by atoms with Crippen molar-refractivity contribution < 1.29 is 0 Å². The molecule has 104 valence electrons. The van der Waals surface area contributed by atoms with Gasteiger partial charge in [-0.1, -0.05) is 6.07 Å². The van der Waals surface area contributed by atoms with Gasteiger partial charge in [-0.2, -0.15) is 4.98 Å². The van der Waals surface area contributed by atoms with E-state index in [0.717, 1.165) is 31.6 Å². The summed E-state index contributed by atoms with van der Waals surface area (Å²) in [7, 11) is 0. The number of piperidine rings is 1. The lowest BCUT2D eigenvalue weighted by atomic mass is 10.1. The van der Waals surface area contributed by atoms with Crippen molar-refractivity contribution in [2.75, 3.05) is 18.0 Å². The van der Waals surface area contributed by atoms with Crippen molar-refractivity contribution >= 4 is 5.95 Å². The van der Waals surface area contributed by atoms with Crippen LogP contribution in [0.3, 0.4) is 0 Å². The van der Waals surface area contributed by atoms with Gasteiger partial charge in [0.1, 0.15) is 6.33 Å². The molecule has 0 unspecified atom stereocenters. The smallest absolute Gasteiger partial charge is 0.341 e. The lowest BCUT2D eigenvalue weighted by molar-refractivity contribution is 0.561. The average Bonchev–Trinajstić information content (AvgIpc) is 2.51. The second-order valence-corrected chi connectivity index (χ2v) is 4.94. The van der Waals surface area contributed by atoms with Gasteiger partial charge in [-0.05, 0) is 31.4 Å². The van der Waals surface area contributed by atoms with Crippen LogP contribution in [0.25, 0.3) is 0 Å². The van der Waals surface area contributed by atoms with Gasteiger partial charge in [-0.15, -0.1) is 0 Å². The Labute approximate surface area is 117 Å². The minimum Gasteiger partial charge on any atom is -0.341 e. The van der Waals surface area contributed by atoms with Gasteiger partial charge in [0.15, 0.2) is 0 Å². The number of nitrogens with zero attached hydrogens (tertiary/aromatic N) is 5. The third-order valence-corrected chi connectivity index (χ3v) is 3.45. The summed E-state index contributed by atoms with van der Waals surface area (Å²) in [6, 6.07) is 5.63. The second-order valence-electron chi connectivity index (χ2n) is 4.94. The van der Waals surface area contributed by atoms with E-state index in [-0.39, 0.29) is 5.69 Å². The fraction of sp³-hybridized carbons (Fsp3) is 0.429. The zero-order valence-electron chi connectivity index (χ0n) is 11.3. The van der Waals surface area contributed by atoms with E-state index in [1.165, 1.54) is 11.0 Å². The van der Waals surface area contributed by atoms with E-state index in [0.29, 0.717) is 12.5 Å². The van der Waals surface area contributed by atoms with Crippen molar-refractivity contribution in [3.63, 3.8) is 0 Å². The van der Waals surface area contributed by atoms with Crippen LogP contribution in [0.4, 0.5) is 5.95 Å². The number of aromatic nitrogens is 4. The Kier molecular flexibility index (Phi) is 3.71. The minimum absolute atomic E-state index is 0.272. The molecule has 0 N–H and O–H groups in total. The normalized spacial score (nSPS) is 15.3. The highest BCUT2D eigenvalue weighted by atomic mass is 16.1. The lowest BCUT2D eigenvalue weighted by Crippen LogP contribution is -2.34. The van der Waals surface area contributed by atoms with Crippen LogP contribution in [0.1, 0.15) is 25.0 Å². The molecule has 6 nitrogen and oxygen atoms in total. The van der Waals surface area contributed by atoms with Crippen molar-refractivity contribution in [1.82, 2.24) is 19.5 Å². The largest absolute Gasteiger partial charge is 0.352 e. The summed E-state index contributed by atoms with van der Waals surface area (Å²) in [4.78, 5) is 26.7. The van der Waals surface area contributed by atoms with Gasteiger partial charge in [0.25, 0.3) is 0 Å². The summed E-state index contributed by atoms with van der Waals surface area (Å²) in [5, 5.41) is 0. The first-order valence-corrected chi connectivity index (χ1v) is 6.91. The maximum Gasteiger partial charge on any atom is 0.352 e. The van der Waals surface area contributed by atoms with Crippen molar-refractivity contribution in [2.24, 2.45) is 0 Å². The highest BCUT2D eigenvalue weighted by molar-refractivity contribution is 5.27. The molecule has 1 saturated heterocycles. The maximum absolute atomic E-state index is 12.0.